The number of carbonyl (C=O) groups excluding carboxylic acids is 3. The predicted octanol–water partition coefficient (Wildman–Crippen LogP) is 3.48. The maximum absolute atomic E-state index is 12.8. The Bertz CT molecular complexity index is 1230. The van der Waals surface area contributed by atoms with Gasteiger partial charge in [0.25, 0.3) is 0 Å². The van der Waals surface area contributed by atoms with Crippen LogP contribution in [-0.2, 0) is 11.3 Å². The van der Waals surface area contributed by atoms with E-state index >= 15 is 0 Å². The smallest absolute Gasteiger partial charge is 0.338 e. The van der Waals surface area contributed by atoms with Crippen molar-refractivity contribution in [3.63, 3.8) is 0 Å². The second-order valence-corrected chi connectivity index (χ2v) is 7.96. The average molecular weight is 463 g/mol. The Morgan fingerprint density at radius 1 is 1.09 bits per heavy atom. The summed E-state index contributed by atoms with van der Waals surface area (Å²) in [5.41, 5.74) is 7.91. The number of rotatable bonds is 7. The molecule has 0 saturated heterocycles. The highest BCUT2D eigenvalue weighted by Crippen LogP contribution is 2.31. The fraction of sp³-hybridized carbons (Fsp3) is 0.240. The quantitative estimate of drug-likeness (QED) is 0.409. The monoisotopic (exact) mass is 463 g/mol. The standard InChI is InChI=1S/C25H25N3O6/c1-15-11-20(16(2)28(15)12-19-13-32-22-5-3-4-6-23(22)34-19)21(29)14-33-24(30)17-7-9-18(10-8-17)27-25(26)31/h3-11,19H,12-14H2,1-2H3,(H3,26,27,31)/t19-/m1/s1. The molecule has 2 heterocycles. The van der Waals surface area contributed by atoms with Crippen LogP contribution >= 0.6 is 0 Å². The largest absolute Gasteiger partial charge is 0.486 e. The van der Waals surface area contributed by atoms with Crippen LogP contribution in [0.3, 0.4) is 0 Å². The molecular weight excluding hydrogens is 438 g/mol. The number of anilines is 1. The number of esters is 1. The van der Waals surface area contributed by atoms with Crippen molar-refractivity contribution in [2.45, 2.75) is 26.5 Å². The number of fused-ring (bicyclic) bond motifs is 1. The topological polar surface area (TPSA) is 122 Å². The second kappa shape index (κ2) is 9.70. The lowest BCUT2D eigenvalue weighted by Gasteiger charge is -2.27. The van der Waals surface area contributed by atoms with Crippen LogP contribution in [0.5, 0.6) is 11.5 Å². The number of carbonyl (C=O) groups is 3. The van der Waals surface area contributed by atoms with E-state index in [1.807, 2.05) is 42.7 Å². The van der Waals surface area contributed by atoms with E-state index in [2.05, 4.69) is 5.32 Å². The molecule has 1 atom stereocenters. The molecule has 0 radical (unpaired) electrons. The van der Waals surface area contributed by atoms with E-state index in [9.17, 15) is 14.4 Å². The summed E-state index contributed by atoms with van der Waals surface area (Å²) in [5, 5.41) is 2.40. The van der Waals surface area contributed by atoms with Gasteiger partial charge in [-0.05, 0) is 56.3 Å². The van der Waals surface area contributed by atoms with Gasteiger partial charge in [-0.3, -0.25) is 4.79 Å². The molecule has 0 aliphatic carbocycles. The maximum Gasteiger partial charge on any atom is 0.338 e. The molecule has 0 saturated carbocycles. The second-order valence-electron chi connectivity index (χ2n) is 7.96. The minimum atomic E-state index is -0.703. The van der Waals surface area contributed by atoms with E-state index in [0.717, 1.165) is 17.1 Å². The fourth-order valence-corrected chi connectivity index (χ4v) is 3.85. The molecule has 0 unspecified atom stereocenters. The first-order chi connectivity index (χ1) is 16.3. The van der Waals surface area contributed by atoms with E-state index in [1.54, 1.807) is 6.07 Å². The number of nitrogens with one attached hydrogen (secondary N) is 1. The van der Waals surface area contributed by atoms with Crippen molar-refractivity contribution in [2.24, 2.45) is 5.73 Å². The van der Waals surface area contributed by atoms with Crippen molar-refractivity contribution in [3.8, 4) is 11.5 Å². The Labute approximate surface area is 196 Å². The number of aromatic nitrogens is 1. The van der Waals surface area contributed by atoms with Gasteiger partial charge >= 0.3 is 12.0 Å². The van der Waals surface area contributed by atoms with Crippen LogP contribution in [-0.4, -0.2) is 41.7 Å². The van der Waals surface area contributed by atoms with Crippen molar-refractivity contribution >= 4 is 23.5 Å². The Hall–Kier alpha value is -4.27. The molecule has 4 rings (SSSR count). The normalized spacial score (nSPS) is 14.4. The van der Waals surface area contributed by atoms with Crippen LogP contribution in [0.2, 0.25) is 0 Å². The van der Waals surface area contributed by atoms with Crippen molar-refractivity contribution in [1.29, 1.82) is 0 Å². The van der Waals surface area contributed by atoms with Crippen molar-refractivity contribution in [3.05, 3.63) is 77.1 Å². The van der Waals surface area contributed by atoms with Gasteiger partial charge in [0.2, 0.25) is 5.78 Å². The van der Waals surface area contributed by atoms with Crippen LogP contribution < -0.4 is 20.5 Å². The third-order valence-electron chi connectivity index (χ3n) is 5.55. The van der Waals surface area contributed by atoms with Gasteiger partial charge in [0.15, 0.2) is 24.2 Å². The number of para-hydroxylation sites is 2. The first-order valence-corrected chi connectivity index (χ1v) is 10.7. The molecule has 176 valence electrons. The molecule has 1 aromatic heterocycles. The van der Waals surface area contributed by atoms with Crippen molar-refractivity contribution in [2.75, 3.05) is 18.5 Å². The Balaban J connectivity index is 1.37. The van der Waals surface area contributed by atoms with Gasteiger partial charge < -0.3 is 29.8 Å². The zero-order valence-corrected chi connectivity index (χ0v) is 18.9. The molecule has 2 aromatic carbocycles. The van der Waals surface area contributed by atoms with Crippen molar-refractivity contribution in [1.82, 2.24) is 4.57 Å². The molecule has 1 aliphatic heterocycles. The van der Waals surface area contributed by atoms with Gasteiger partial charge in [0, 0.05) is 22.6 Å². The van der Waals surface area contributed by atoms with E-state index in [4.69, 9.17) is 19.9 Å². The van der Waals surface area contributed by atoms with E-state index in [0.29, 0.717) is 30.2 Å². The van der Waals surface area contributed by atoms with Crippen LogP contribution in [0.4, 0.5) is 10.5 Å². The summed E-state index contributed by atoms with van der Waals surface area (Å²) in [4.78, 5) is 36.0. The molecule has 1 aliphatic rings. The molecule has 9 nitrogen and oxygen atoms in total. The predicted molar refractivity (Wildman–Crippen MR) is 125 cm³/mol. The average Bonchev–Trinajstić information content (AvgIpc) is 3.10. The zero-order valence-electron chi connectivity index (χ0n) is 18.9. The van der Waals surface area contributed by atoms with Gasteiger partial charge in [-0.2, -0.15) is 0 Å². The molecular formula is C25H25N3O6. The lowest BCUT2D eigenvalue weighted by Crippen LogP contribution is -2.33. The summed E-state index contributed by atoms with van der Waals surface area (Å²) in [6, 6.07) is 14.6. The number of hydrogen-bond acceptors (Lipinski definition) is 6. The third-order valence-corrected chi connectivity index (χ3v) is 5.55. The van der Waals surface area contributed by atoms with Gasteiger partial charge in [0.05, 0.1) is 12.1 Å². The van der Waals surface area contributed by atoms with Gasteiger partial charge in [-0.1, -0.05) is 12.1 Å². The minimum Gasteiger partial charge on any atom is -0.486 e. The summed E-state index contributed by atoms with van der Waals surface area (Å²) in [7, 11) is 0. The van der Waals surface area contributed by atoms with Crippen LogP contribution in [0.1, 0.15) is 32.1 Å². The van der Waals surface area contributed by atoms with Crippen LogP contribution in [0, 0.1) is 13.8 Å². The highest BCUT2D eigenvalue weighted by Gasteiger charge is 2.24. The Kier molecular flexibility index (Phi) is 6.53. The molecule has 0 spiro atoms. The van der Waals surface area contributed by atoms with Gasteiger partial charge in [-0.15, -0.1) is 0 Å². The number of ether oxygens (including phenoxy) is 3. The lowest BCUT2D eigenvalue weighted by molar-refractivity contribution is 0.0474. The number of primary amides is 1. The number of urea groups is 1. The number of ketones is 1. The number of nitrogens with zero attached hydrogens (tertiary/aromatic N) is 1. The molecule has 3 N–H and O–H groups in total. The summed E-state index contributed by atoms with van der Waals surface area (Å²) >= 11 is 0. The fourth-order valence-electron chi connectivity index (χ4n) is 3.85. The van der Waals surface area contributed by atoms with E-state index < -0.39 is 12.0 Å². The summed E-state index contributed by atoms with van der Waals surface area (Å²) in [6.45, 7) is 4.30. The maximum atomic E-state index is 12.8. The number of benzene rings is 2. The molecule has 2 amide bonds. The molecule has 9 heteroatoms. The van der Waals surface area contributed by atoms with E-state index in [1.165, 1.54) is 24.3 Å². The molecule has 34 heavy (non-hydrogen) atoms. The number of hydrogen-bond donors (Lipinski definition) is 2. The minimum absolute atomic E-state index is 0.201. The summed E-state index contributed by atoms with van der Waals surface area (Å²) < 4.78 is 19.0. The first kappa shape index (κ1) is 22.9. The number of aryl methyl sites for hydroxylation is 1. The molecule has 3 aromatic rings. The lowest BCUT2D eigenvalue weighted by atomic mass is 10.1. The van der Waals surface area contributed by atoms with Crippen LogP contribution in [0.25, 0.3) is 0 Å². The number of nitrogens with two attached hydrogens (primary N) is 1. The molecule has 0 fully saturated rings. The highest BCUT2D eigenvalue weighted by atomic mass is 16.6. The number of amides is 2. The number of Topliss-reactive ketones (excluding diaryl/α,β-unsaturated/α-hetero) is 1. The SMILES string of the molecule is Cc1cc(C(=O)COC(=O)c2ccc(NC(N)=O)cc2)c(C)n1C[C@@H]1COc2ccccc2O1. The Morgan fingerprint density at radius 3 is 2.50 bits per heavy atom. The van der Waals surface area contributed by atoms with Crippen molar-refractivity contribution < 1.29 is 28.6 Å². The van der Waals surface area contributed by atoms with Gasteiger partial charge in [0.1, 0.15) is 6.61 Å². The zero-order chi connectivity index (χ0) is 24.2. The van der Waals surface area contributed by atoms with Crippen LogP contribution in [0.15, 0.2) is 54.6 Å². The Morgan fingerprint density at radius 2 is 1.79 bits per heavy atom. The first-order valence-electron chi connectivity index (χ1n) is 10.7. The molecule has 0 bridgehead atoms. The summed E-state index contributed by atoms with van der Waals surface area (Å²) in [5.74, 6) is 0.476. The highest BCUT2D eigenvalue weighted by molar-refractivity contribution is 6.00. The summed E-state index contributed by atoms with van der Waals surface area (Å²) in [6.07, 6.45) is -0.201. The van der Waals surface area contributed by atoms with E-state index in [-0.39, 0.29) is 24.1 Å². The third kappa shape index (κ3) is 5.03. The van der Waals surface area contributed by atoms with Gasteiger partial charge in [-0.25, -0.2) is 9.59 Å².